The SMILES string of the molecule is COC(=O)COc1ccc(SC(=O)CN)cc1.Cl. The maximum atomic E-state index is 11.1. The predicted octanol–water partition coefficient (Wildman–Crippen LogP) is 1.24. The van der Waals surface area contributed by atoms with Gasteiger partial charge in [0.15, 0.2) is 6.61 Å². The fraction of sp³-hybridized carbons (Fsp3) is 0.273. The van der Waals surface area contributed by atoms with Gasteiger partial charge in [-0.3, -0.25) is 4.79 Å². The molecule has 1 aromatic carbocycles. The van der Waals surface area contributed by atoms with Crippen LogP contribution < -0.4 is 10.5 Å². The second-order valence-corrected chi connectivity index (χ2v) is 4.15. The van der Waals surface area contributed by atoms with Gasteiger partial charge in [0.25, 0.3) is 0 Å². The molecule has 18 heavy (non-hydrogen) atoms. The zero-order valence-electron chi connectivity index (χ0n) is 9.75. The maximum Gasteiger partial charge on any atom is 0.343 e. The minimum Gasteiger partial charge on any atom is -0.482 e. The zero-order valence-corrected chi connectivity index (χ0v) is 11.4. The molecule has 0 heterocycles. The number of ether oxygens (including phenoxy) is 2. The van der Waals surface area contributed by atoms with Crippen LogP contribution >= 0.6 is 24.2 Å². The van der Waals surface area contributed by atoms with Gasteiger partial charge < -0.3 is 15.2 Å². The maximum absolute atomic E-state index is 11.1. The zero-order chi connectivity index (χ0) is 12.7. The Morgan fingerprint density at radius 3 is 2.39 bits per heavy atom. The molecule has 0 saturated carbocycles. The summed E-state index contributed by atoms with van der Waals surface area (Å²) in [6.07, 6.45) is 0. The Kier molecular flexibility index (Phi) is 8.19. The smallest absolute Gasteiger partial charge is 0.343 e. The monoisotopic (exact) mass is 291 g/mol. The van der Waals surface area contributed by atoms with Crippen molar-refractivity contribution in [3.05, 3.63) is 24.3 Å². The fourth-order valence-corrected chi connectivity index (χ4v) is 1.60. The van der Waals surface area contributed by atoms with Gasteiger partial charge in [-0.1, -0.05) is 11.8 Å². The number of hydrogen-bond donors (Lipinski definition) is 1. The molecule has 100 valence electrons. The Balaban J connectivity index is 0.00000289. The first-order chi connectivity index (χ1) is 8.15. The van der Waals surface area contributed by atoms with Gasteiger partial charge in [0.2, 0.25) is 5.12 Å². The number of rotatable bonds is 5. The molecule has 5 nitrogen and oxygen atoms in total. The van der Waals surface area contributed by atoms with Gasteiger partial charge in [-0.2, -0.15) is 0 Å². The van der Waals surface area contributed by atoms with Crippen molar-refractivity contribution in [1.82, 2.24) is 0 Å². The number of carbonyl (C=O) groups excluding carboxylic acids is 2. The van der Waals surface area contributed by atoms with E-state index in [1.807, 2.05) is 0 Å². The molecule has 1 aromatic rings. The van der Waals surface area contributed by atoms with Crippen LogP contribution in [0.4, 0.5) is 0 Å². The van der Waals surface area contributed by atoms with Crippen LogP contribution in [0.5, 0.6) is 5.75 Å². The van der Waals surface area contributed by atoms with Gasteiger partial charge in [0, 0.05) is 4.90 Å². The average Bonchev–Trinajstić information content (AvgIpc) is 2.37. The summed E-state index contributed by atoms with van der Waals surface area (Å²) in [6, 6.07) is 6.81. The number of hydrogen-bond acceptors (Lipinski definition) is 6. The van der Waals surface area contributed by atoms with Crippen molar-refractivity contribution in [3.63, 3.8) is 0 Å². The molecule has 2 N–H and O–H groups in total. The van der Waals surface area contributed by atoms with Gasteiger partial charge >= 0.3 is 5.97 Å². The van der Waals surface area contributed by atoms with Crippen LogP contribution in [-0.2, 0) is 14.3 Å². The van der Waals surface area contributed by atoms with Crippen molar-refractivity contribution in [2.75, 3.05) is 20.3 Å². The molecule has 0 bridgehead atoms. The Morgan fingerprint density at radius 2 is 1.89 bits per heavy atom. The van der Waals surface area contributed by atoms with Crippen molar-refractivity contribution < 1.29 is 19.1 Å². The highest BCUT2D eigenvalue weighted by Gasteiger charge is 2.04. The van der Waals surface area contributed by atoms with E-state index in [2.05, 4.69) is 4.74 Å². The summed E-state index contributed by atoms with van der Waals surface area (Å²) in [5.74, 6) is 0.0988. The molecule has 0 radical (unpaired) electrons. The molecular weight excluding hydrogens is 278 g/mol. The minimum atomic E-state index is -0.443. The number of benzene rings is 1. The normalized spacial score (nSPS) is 9.22. The topological polar surface area (TPSA) is 78.6 Å². The molecule has 7 heteroatoms. The third-order valence-electron chi connectivity index (χ3n) is 1.81. The number of halogens is 1. The summed E-state index contributed by atoms with van der Waals surface area (Å²) < 4.78 is 9.59. The predicted molar refractivity (Wildman–Crippen MR) is 71.1 cm³/mol. The Labute approximate surface area is 115 Å². The van der Waals surface area contributed by atoms with Gasteiger partial charge in [0.1, 0.15) is 5.75 Å². The second-order valence-electron chi connectivity index (χ2n) is 3.01. The summed E-state index contributed by atoms with van der Waals surface area (Å²) in [4.78, 5) is 22.7. The van der Waals surface area contributed by atoms with Crippen LogP contribution in [0.2, 0.25) is 0 Å². The summed E-state index contributed by atoms with van der Waals surface area (Å²) in [7, 11) is 1.30. The third kappa shape index (κ3) is 5.90. The van der Waals surface area contributed by atoms with E-state index >= 15 is 0 Å². The van der Waals surface area contributed by atoms with Crippen LogP contribution in [0, 0.1) is 0 Å². The van der Waals surface area contributed by atoms with Crippen LogP contribution in [0.1, 0.15) is 0 Å². The number of nitrogens with two attached hydrogens (primary N) is 1. The highest BCUT2D eigenvalue weighted by atomic mass is 35.5. The number of esters is 1. The van der Waals surface area contributed by atoms with Crippen molar-refractivity contribution in [2.45, 2.75) is 4.90 Å². The van der Waals surface area contributed by atoms with Gasteiger partial charge in [-0.05, 0) is 24.3 Å². The molecule has 0 aliphatic heterocycles. The van der Waals surface area contributed by atoms with E-state index < -0.39 is 5.97 Å². The van der Waals surface area contributed by atoms with E-state index in [0.717, 1.165) is 16.7 Å². The lowest BCUT2D eigenvalue weighted by Gasteiger charge is -2.05. The second kappa shape index (κ2) is 8.79. The summed E-state index contributed by atoms with van der Waals surface area (Å²) in [5, 5.41) is -0.103. The number of carbonyl (C=O) groups is 2. The van der Waals surface area contributed by atoms with Crippen LogP contribution in [0.25, 0.3) is 0 Å². The summed E-state index contributed by atoms with van der Waals surface area (Å²) in [5.41, 5.74) is 5.20. The van der Waals surface area contributed by atoms with Crippen LogP contribution in [0.15, 0.2) is 29.2 Å². The standard InChI is InChI=1S/C11H13NO4S.ClH/c1-15-10(13)7-16-8-2-4-9(5-3-8)17-11(14)6-12;/h2-5H,6-7,12H2,1H3;1H. The van der Waals surface area contributed by atoms with Crippen molar-refractivity contribution >= 4 is 35.3 Å². The van der Waals surface area contributed by atoms with Gasteiger partial charge in [-0.15, -0.1) is 12.4 Å². The first kappa shape index (κ1) is 16.8. The molecule has 0 saturated heterocycles. The summed E-state index contributed by atoms with van der Waals surface area (Å²) in [6.45, 7) is -0.129. The highest BCUT2D eigenvalue weighted by Crippen LogP contribution is 2.21. The molecule has 0 spiro atoms. The van der Waals surface area contributed by atoms with Gasteiger partial charge in [-0.25, -0.2) is 4.79 Å². The molecular formula is C11H14ClNO4S. The molecule has 1 rings (SSSR count). The largest absolute Gasteiger partial charge is 0.482 e. The molecule has 0 unspecified atom stereocenters. The third-order valence-corrected chi connectivity index (χ3v) is 2.71. The van der Waals surface area contributed by atoms with E-state index in [1.54, 1.807) is 24.3 Å². The van der Waals surface area contributed by atoms with E-state index in [-0.39, 0.29) is 30.7 Å². The van der Waals surface area contributed by atoms with Gasteiger partial charge in [0.05, 0.1) is 13.7 Å². The molecule has 0 fully saturated rings. The van der Waals surface area contributed by atoms with Crippen LogP contribution in [0.3, 0.4) is 0 Å². The molecule has 0 aromatic heterocycles. The number of methoxy groups -OCH3 is 1. The first-order valence-corrected chi connectivity index (χ1v) is 5.67. The quantitative estimate of drug-likeness (QED) is 0.649. The Bertz CT molecular complexity index is 397. The summed E-state index contributed by atoms with van der Waals surface area (Å²) >= 11 is 1.07. The van der Waals surface area contributed by atoms with E-state index in [1.165, 1.54) is 7.11 Å². The Morgan fingerprint density at radius 1 is 1.28 bits per heavy atom. The lowest BCUT2D eigenvalue weighted by molar-refractivity contribution is -0.142. The fourth-order valence-electron chi connectivity index (χ4n) is 0.978. The lowest BCUT2D eigenvalue weighted by atomic mass is 10.3. The van der Waals surface area contributed by atoms with Crippen LogP contribution in [-0.4, -0.2) is 31.3 Å². The molecule has 0 aliphatic carbocycles. The molecule has 0 atom stereocenters. The highest BCUT2D eigenvalue weighted by molar-refractivity contribution is 8.13. The lowest BCUT2D eigenvalue weighted by Crippen LogP contribution is -2.12. The van der Waals surface area contributed by atoms with E-state index in [4.69, 9.17) is 10.5 Å². The average molecular weight is 292 g/mol. The molecule has 0 amide bonds. The minimum absolute atomic E-state index is 0. The van der Waals surface area contributed by atoms with Crippen molar-refractivity contribution in [1.29, 1.82) is 0 Å². The Hall–Kier alpha value is -1.24. The van der Waals surface area contributed by atoms with Crippen molar-refractivity contribution in [3.8, 4) is 5.75 Å². The van der Waals surface area contributed by atoms with Crippen molar-refractivity contribution in [2.24, 2.45) is 5.73 Å². The first-order valence-electron chi connectivity index (χ1n) is 4.86. The number of thioether (sulfide) groups is 1. The molecule has 0 aliphatic rings. The van der Waals surface area contributed by atoms with E-state index in [0.29, 0.717) is 5.75 Å². The van der Waals surface area contributed by atoms with E-state index in [9.17, 15) is 9.59 Å².